The minimum Gasteiger partial charge on any atom is -0.309 e. The second kappa shape index (κ2) is 6.89. The van der Waals surface area contributed by atoms with Gasteiger partial charge in [0.15, 0.2) is 0 Å². The highest BCUT2D eigenvalue weighted by atomic mass is 32.1. The van der Waals surface area contributed by atoms with Gasteiger partial charge in [0.05, 0.1) is 11.9 Å². The molecule has 0 bridgehead atoms. The van der Waals surface area contributed by atoms with Crippen LogP contribution in [0, 0.1) is 11.6 Å². The molecule has 0 amide bonds. The van der Waals surface area contributed by atoms with E-state index in [0.717, 1.165) is 47.5 Å². The molecule has 0 aliphatic heterocycles. The van der Waals surface area contributed by atoms with Gasteiger partial charge in [-0.15, -0.1) is 11.3 Å². The summed E-state index contributed by atoms with van der Waals surface area (Å²) in [4.78, 5) is 22.0. The molecule has 1 atom stereocenters. The zero-order chi connectivity index (χ0) is 18.3. The molecule has 7 heteroatoms. The fourth-order valence-corrected chi connectivity index (χ4v) is 4.79. The third kappa shape index (κ3) is 3.17. The molecule has 1 aliphatic rings. The van der Waals surface area contributed by atoms with Gasteiger partial charge in [-0.05, 0) is 44.2 Å². The molecule has 1 aromatic carbocycles. The fourth-order valence-electron chi connectivity index (χ4n) is 3.50. The molecule has 3 aromatic rings. The first-order chi connectivity index (χ1) is 12.5. The summed E-state index contributed by atoms with van der Waals surface area (Å²) >= 11 is 1.60. The van der Waals surface area contributed by atoms with Crippen molar-refractivity contribution in [3.63, 3.8) is 0 Å². The number of aryl methyl sites for hydroxylation is 2. The van der Waals surface area contributed by atoms with Gasteiger partial charge in [0, 0.05) is 22.5 Å². The highest BCUT2D eigenvalue weighted by Gasteiger charge is 2.20. The van der Waals surface area contributed by atoms with Crippen LogP contribution in [0.15, 0.2) is 23.0 Å². The minimum atomic E-state index is -0.600. The summed E-state index contributed by atoms with van der Waals surface area (Å²) < 4.78 is 26.9. The SMILES string of the molecule is C[C@H](NCc1nc2sc3c(c2c(=O)[nH]1)CCCC3)c1ccc(F)cc1F. The molecular formula is C19H19F2N3OS. The van der Waals surface area contributed by atoms with Crippen molar-refractivity contribution < 1.29 is 8.78 Å². The van der Waals surface area contributed by atoms with Crippen LogP contribution < -0.4 is 10.9 Å². The topological polar surface area (TPSA) is 57.8 Å². The molecule has 0 radical (unpaired) electrons. The van der Waals surface area contributed by atoms with E-state index in [-0.39, 0.29) is 11.6 Å². The number of benzene rings is 1. The lowest BCUT2D eigenvalue weighted by Crippen LogP contribution is -2.23. The van der Waals surface area contributed by atoms with Gasteiger partial charge in [0.2, 0.25) is 0 Å². The third-order valence-electron chi connectivity index (χ3n) is 4.88. The Kier molecular flexibility index (Phi) is 4.58. The van der Waals surface area contributed by atoms with E-state index < -0.39 is 11.6 Å². The first-order valence-electron chi connectivity index (χ1n) is 8.74. The van der Waals surface area contributed by atoms with E-state index in [2.05, 4.69) is 15.3 Å². The summed E-state index contributed by atoms with van der Waals surface area (Å²) in [5, 5.41) is 3.87. The standard InChI is InChI=1S/C19H19F2N3OS/c1-10(12-7-6-11(20)8-14(12)21)22-9-16-23-18(25)17-13-4-2-3-5-15(13)26-19(17)24-16/h6-8,10,22H,2-5,9H2,1H3,(H,23,24,25)/t10-/m0/s1. The van der Waals surface area contributed by atoms with Crippen LogP contribution in [0.25, 0.3) is 10.2 Å². The average molecular weight is 375 g/mol. The number of nitrogens with one attached hydrogen (secondary N) is 2. The van der Waals surface area contributed by atoms with Gasteiger partial charge in [-0.25, -0.2) is 13.8 Å². The summed E-state index contributed by atoms with van der Waals surface area (Å²) in [5.41, 5.74) is 1.43. The number of hydrogen-bond acceptors (Lipinski definition) is 4. The molecule has 0 saturated carbocycles. The molecule has 4 rings (SSSR count). The third-order valence-corrected chi connectivity index (χ3v) is 6.06. The zero-order valence-electron chi connectivity index (χ0n) is 14.4. The lowest BCUT2D eigenvalue weighted by molar-refractivity contribution is 0.511. The smallest absolute Gasteiger partial charge is 0.259 e. The van der Waals surface area contributed by atoms with Crippen LogP contribution in [-0.4, -0.2) is 9.97 Å². The second-order valence-electron chi connectivity index (χ2n) is 6.67. The molecule has 4 nitrogen and oxygen atoms in total. The monoisotopic (exact) mass is 375 g/mol. The van der Waals surface area contributed by atoms with Crippen molar-refractivity contribution in [2.24, 2.45) is 0 Å². The molecule has 0 unspecified atom stereocenters. The van der Waals surface area contributed by atoms with Gasteiger partial charge in [-0.3, -0.25) is 4.79 Å². The molecule has 0 saturated heterocycles. The number of aromatic amines is 1. The first kappa shape index (κ1) is 17.3. The molecular weight excluding hydrogens is 356 g/mol. The van der Waals surface area contributed by atoms with Crippen molar-refractivity contribution in [3.8, 4) is 0 Å². The van der Waals surface area contributed by atoms with Gasteiger partial charge in [-0.2, -0.15) is 0 Å². The summed E-state index contributed by atoms with van der Waals surface area (Å²) in [5.74, 6) is -0.667. The molecule has 2 N–H and O–H groups in total. The van der Waals surface area contributed by atoms with Gasteiger partial charge < -0.3 is 10.3 Å². The molecule has 0 spiro atoms. The van der Waals surface area contributed by atoms with Crippen molar-refractivity contribution in [1.29, 1.82) is 0 Å². The number of aromatic nitrogens is 2. The minimum absolute atomic E-state index is 0.105. The van der Waals surface area contributed by atoms with Crippen molar-refractivity contribution in [1.82, 2.24) is 15.3 Å². The van der Waals surface area contributed by atoms with E-state index in [9.17, 15) is 13.6 Å². The Morgan fingerprint density at radius 3 is 2.92 bits per heavy atom. The van der Waals surface area contributed by atoms with Gasteiger partial charge >= 0.3 is 0 Å². The maximum absolute atomic E-state index is 13.9. The van der Waals surface area contributed by atoms with E-state index in [1.54, 1.807) is 18.3 Å². The predicted octanol–water partition coefficient (Wildman–Crippen LogP) is 3.99. The Balaban J connectivity index is 1.57. The molecule has 2 heterocycles. The number of H-pyrrole nitrogens is 1. The highest BCUT2D eigenvalue weighted by molar-refractivity contribution is 7.18. The van der Waals surface area contributed by atoms with E-state index >= 15 is 0 Å². The lowest BCUT2D eigenvalue weighted by atomic mass is 9.97. The lowest BCUT2D eigenvalue weighted by Gasteiger charge is -2.14. The second-order valence-corrected chi connectivity index (χ2v) is 7.76. The summed E-state index contributed by atoms with van der Waals surface area (Å²) in [6.45, 7) is 2.09. The predicted molar refractivity (Wildman–Crippen MR) is 98.5 cm³/mol. The Bertz CT molecular complexity index is 1030. The molecule has 2 aromatic heterocycles. The summed E-state index contributed by atoms with van der Waals surface area (Å²) in [6, 6.07) is 3.19. The normalized spacial score (nSPS) is 15.2. The Morgan fingerprint density at radius 2 is 2.12 bits per heavy atom. The zero-order valence-corrected chi connectivity index (χ0v) is 15.2. The fraction of sp³-hybridized carbons (Fsp3) is 0.368. The highest BCUT2D eigenvalue weighted by Crippen LogP contribution is 2.33. The molecule has 26 heavy (non-hydrogen) atoms. The van der Waals surface area contributed by atoms with Crippen LogP contribution in [0.5, 0.6) is 0 Å². The van der Waals surface area contributed by atoms with Gasteiger partial charge in [0.1, 0.15) is 22.3 Å². The number of thiophene rings is 1. The van der Waals surface area contributed by atoms with Crippen LogP contribution in [0.3, 0.4) is 0 Å². The number of rotatable bonds is 4. The maximum Gasteiger partial charge on any atom is 0.259 e. The average Bonchev–Trinajstić information content (AvgIpc) is 2.98. The van der Waals surface area contributed by atoms with Crippen molar-refractivity contribution >= 4 is 21.6 Å². The van der Waals surface area contributed by atoms with Crippen LogP contribution in [0.4, 0.5) is 8.78 Å². The van der Waals surface area contributed by atoms with Crippen molar-refractivity contribution in [2.45, 2.75) is 45.2 Å². The number of hydrogen-bond donors (Lipinski definition) is 2. The number of halogens is 2. The number of nitrogens with zero attached hydrogens (tertiary/aromatic N) is 1. The van der Waals surface area contributed by atoms with Gasteiger partial charge in [0.25, 0.3) is 5.56 Å². The maximum atomic E-state index is 13.9. The van der Waals surface area contributed by atoms with Crippen LogP contribution >= 0.6 is 11.3 Å². The summed E-state index contributed by atoms with van der Waals surface area (Å²) in [6.07, 6.45) is 4.23. The van der Waals surface area contributed by atoms with E-state index in [4.69, 9.17) is 0 Å². The van der Waals surface area contributed by atoms with Crippen molar-refractivity contribution in [2.75, 3.05) is 0 Å². The van der Waals surface area contributed by atoms with E-state index in [1.165, 1.54) is 17.0 Å². The molecule has 136 valence electrons. The number of fused-ring (bicyclic) bond motifs is 3. The van der Waals surface area contributed by atoms with Gasteiger partial charge in [-0.1, -0.05) is 6.07 Å². The van der Waals surface area contributed by atoms with E-state index in [0.29, 0.717) is 17.9 Å². The van der Waals surface area contributed by atoms with Crippen LogP contribution in [-0.2, 0) is 19.4 Å². The largest absolute Gasteiger partial charge is 0.309 e. The summed E-state index contributed by atoms with van der Waals surface area (Å²) in [7, 11) is 0. The van der Waals surface area contributed by atoms with E-state index in [1.807, 2.05) is 0 Å². The Hall–Kier alpha value is -2.12. The van der Waals surface area contributed by atoms with Crippen molar-refractivity contribution in [3.05, 3.63) is 62.0 Å². The first-order valence-corrected chi connectivity index (χ1v) is 9.56. The molecule has 0 fully saturated rings. The Morgan fingerprint density at radius 1 is 1.31 bits per heavy atom. The Labute approximate surface area is 153 Å². The molecule has 1 aliphatic carbocycles. The van der Waals surface area contributed by atoms with Crippen LogP contribution in [0.2, 0.25) is 0 Å². The van der Waals surface area contributed by atoms with Crippen LogP contribution in [0.1, 0.15) is 47.6 Å². The quantitative estimate of drug-likeness (QED) is 0.725.